The van der Waals surface area contributed by atoms with Crippen LogP contribution in [0.1, 0.15) is 29.6 Å². The van der Waals surface area contributed by atoms with Crippen molar-refractivity contribution in [2.75, 3.05) is 11.9 Å². The number of para-hydroxylation sites is 1. The first-order valence-corrected chi connectivity index (χ1v) is 7.28. The fourth-order valence-corrected chi connectivity index (χ4v) is 2.92. The smallest absolute Gasteiger partial charge is 0.282 e. The second-order valence-corrected chi connectivity index (χ2v) is 5.69. The van der Waals surface area contributed by atoms with E-state index in [1.165, 1.54) is 12.1 Å². The summed E-state index contributed by atoms with van der Waals surface area (Å²) in [7, 11) is 0. The Morgan fingerprint density at radius 3 is 2.68 bits per heavy atom. The highest BCUT2D eigenvalue weighted by Crippen LogP contribution is 2.48. The average Bonchev–Trinajstić information content (AvgIpc) is 3.17. The molecule has 102 valence electrons. The molecule has 1 aliphatic rings. The molecule has 1 aliphatic carbocycles. The lowest BCUT2D eigenvalue weighted by Gasteiger charge is -2.14. The van der Waals surface area contributed by atoms with Crippen molar-refractivity contribution in [3.63, 3.8) is 0 Å². The predicted molar refractivity (Wildman–Crippen MR) is 75.5 cm³/mol. The van der Waals surface area contributed by atoms with Crippen LogP contribution in [-0.4, -0.2) is 22.7 Å². The molecule has 1 saturated carbocycles. The Kier molecular flexibility index (Phi) is 4.19. The van der Waals surface area contributed by atoms with Crippen molar-refractivity contribution >= 4 is 27.5 Å². The molecule has 1 N–H and O–H groups in total. The van der Waals surface area contributed by atoms with Gasteiger partial charge in [-0.05, 0) is 30.7 Å². The zero-order valence-corrected chi connectivity index (χ0v) is 12.0. The van der Waals surface area contributed by atoms with Gasteiger partial charge in [0, 0.05) is 17.9 Å². The van der Waals surface area contributed by atoms with E-state index in [4.69, 9.17) is 0 Å². The van der Waals surface area contributed by atoms with Gasteiger partial charge in [-0.2, -0.15) is 0 Å². The number of carbonyl (C=O) groups excluding carboxylic acids is 1. The van der Waals surface area contributed by atoms with E-state index in [9.17, 15) is 14.9 Å². The average molecular weight is 327 g/mol. The number of nitrogens with zero attached hydrogens (tertiary/aromatic N) is 1. The number of nitrogens with one attached hydrogen (secondary N) is 1. The van der Waals surface area contributed by atoms with Gasteiger partial charge in [0.05, 0.1) is 4.92 Å². The molecule has 0 saturated heterocycles. The van der Waals surface area contributed by atoms with E-state index in [1.807, 2.05) is 0 Å². The van der Waals surface area contributed by atoms with Gasteiger partial charge in [-0.15, -0.1) is 0 Å². The van der Waals surface area contributed by atoms with Crippen LogP contribution in [0.15, 0.2) is 24.3 Å². The van der Waals surface area contributed by atoms with Crippen molar-refractivity contribution in [2.45, 2.75) is 19.3 Å². The van der Waals surface area contributed by atoms with Crippen molar-refractivity contribution in [1.82, 2.24) is 5.32 Å². The van der Waals surface area contributed by atoms with Gasteiger partial charge in [0.2, 0.25) is 0 Å². The third kappa shape index (κ3) is 3.32. The van der Waals surface area contributed by atoms with Gasteiger partial charge in [-0.3, -0.25) is 14.9 Å². The molecule has 1 aromatic carbocycles. The molecular formula is C13H15BrN2O3. The summed E-state index contributed by atoms with van der Waals surface area (Å²) < 4.78 is 0. The lowest BCUT2D eigenvalue weighted by atomic mass is 10.0. The summed E-state index contributed by atoms with van der Waals surface area (Å²) in [6.45, 7) is 0.587. The van der Waals surface area contributed by atoms with Crippen LogP contribution in [-0.2, 0) is 0 Å². The molecule has 0 heterocycles. The summed E-state index contributed by atoms with van der Waals surface area (Å²) in [4.78, 5) is 22.4. The number of rotatable bonds is 6. The molecule has 0 aliphatic heterocycles. The number of alkyl halides is 1. The third-order valence-corrected chi connectivity index (χ3v) is 3.95. The molecule has 1 aromatic rings. The molecule has 0 atom stereocenters. The monoisotopic (exact) mass is 326 g/mol. The molecular weight excluding hydrogens is 312 g/mol. The summed E-state index contributed by atoms with van der Waals surface area (Å²) in [5.41, 5.74) is 0.176. The van der Waals surface area contributed by atoms with Crippen LogP contribution < -0.4 is 5.32 Å². The molecule has 1 fully saturated rings. The zero-order valence-electron chi connectivity index (χ0n) is 10.4. The van der Waals surface area contributed by atoms with E-state index in [0.717, 1.165) is 24.6 Å². The Bertz CT molecular complexity index is 500. The minimum Gasteiger partial charge on any atom is -0.351 e. The highest BCUT2D eigenvalue weighted by Gasteiger charge is 2.41. The van der Waals surface area contributed by atoms with E-state index in [1.54, 1.807) is 12.1 Å². The summed E-state index contributed by atoms with van der Waals surface area (Å²) >= 11 is 3.41. The van der Waals surface area contributed by atoms with Crippen molar-refractivity contribution in [3.8, 4) is 0 Å². The Morgan fingerprint density at radius 2 is 2.11 bits per heavy atom. The largest absolute Gasteiger partial charge is 0.351 e. The highest BCUT2D eigenvalue weighted by molar-refractivity contribution is 9.09. The molecule has 2 rings (SSSR count). The number of nitro benzene ring substituents is 1. The molecule has 5 nitrogen and oxygen atoms in total. The minimum absolute atomic E-state index is 0.127. The number of nitro groups is 1. The zero-order chi connectivity index (χ0) is 13.9. The van der Waals surface area contributed by atoms with Crippen LogP contribution in [0.5, 0.6) is 0 Å². The van der Waals surface area contributed by atoms with Crippen LogP contribution in [0.4, 0.5) is 5.69 Å². The maximum absolute atomic E-state index is 12.0. The number of benzene rings is 1. The van der Waals surface area contributed by atoms with Gasteiger partial charge in [-0.1, -0.05) is 28.1 Å². The summed E-state index contributed by atoms with van der Waals surface area (Å²) in [6, 6.07) is 6.02. The second-order valence-electron chi connectivity index (χ2n) is 4.90. The highest BCUT2D eigenvalue weighted by atomic mass is 79.9. The SMILES string of the molecule is O=C(NCC1(CCBr)CC1)c1ccccc1[N+](=O)[O-]. The van der Waals surface area contributed by atoms with Crippen LogP contribution >= 0.6 is 15.9 Å². The van der Waals surface area contributed by atoms with Gasteiger partial charge in [-0.25, -0.2) is 0 Å². The Hall–Kier alpha value is -1.43. The van der Waals surface area contributed by atoms with Crippen LogP contribution in [0.25, 0.3) is 0 Å². The second kappa shape index (κ2) is 5.69. The van der Waals surface area contributed by atoms with Crippen LogP contribution in [0.2, 0.25) is 0 Å². The van der Waals surface area contributed by atoms with E-state index in [2.05, 4.69) is 21.2 Å². The van der Waals surface area contributed by atoms with Gasteiger partial charge in [0.15, 0.2) is 0 Å². The lowest BCUT2D eigenvalue weighted by Crippen LogP contribution is -2.30. The van der Waals surface area contributed by atoms with Crippen LogP contribution in [0, 0.1) is 15.5 Å². The standard InChI is InChI=1S/C13H15BrN2O3/c14-8-7-13(5-6-13)9-15-12(17)10-3-1-2-4-11(10)16(18)19/h1-4H,5-9H2,(H,15,17). The maximum atomic E-state index is 12.0. The van der Waals surface area contributed by atoms with Crippen molar-refractivity contribution in [2.24, 2.45) is 5.41 Å². The number of amides is 1. The molecule has 0 spiro atoms. The lowest BCUT2D eigenvalue weighted by molar-refractivity contribution is -0.385. The van der Waals surface area contributed by atoms with Crippen molar-refractivity contribution in [3.05, 3.63) is 39.9 Å². The fourth-order valence-electron chi connectivity index (χ4n) is 2.08. The van der Waals surface area contributed by atoms with E-state index in [0.29, 0.717) is 6.54 Å². The van der Waals surface area contributed by atoms with Gasteiger partial charge in [0.25, 0.3) is 11.6 Å². The Labute approximate surface area is 119 Å². The number of hydrogen-bond acceptors (Lipinski definition) is 3. The number of hydrogen-bond donors (Lipinski definition) is 1. The quantitative estimate of drug-likeness (QED) is 0.496. The molecule has 6 heteroatoms. The van der Waals surface area contributed by atoms with E-state index in [-0.39, 0.29) is 22.6 Å². The van der Waals surface area contributed by atoms with Crippen molar-refractivity contribution in [1.29, 1.82) is 0 Å². The topological polar surface area (TPSA) is 72.2 Å². The molecule has 1 amide bonds. The van der Waals surface area contributed by atoms with E-state index < -0.39 is 4.92 Å². The van der Waals surface area contributed by atoms with Crippen molar-refractivity contribution < 1.29 is 9.72 Å². The predicted octanol–water partition coefficient (Wildman–Crippen LogP) is 2.89. The molecule has 19 heavy (non-hydrogen) atoms. The molecule has 0 radical (unpaired) electrons. The van der Waals surface area contributed by atoms with Crippen LogP contribution in [0.3, 0.4) is 0 Å². The number of carbonyl (C=O) groups is 1. The number of halogens is 1. The summed E-state index contributed by atoms with van der Waals surface area (Å²) in [5, 5.41) is 14.6. The minimum atomic E-state index is -0.527. The molecule has 0 bridgehead atoms. The van der Waals surface area contributed by atoms with Gasteiger partial charge in [0.1, 0.15) is 5.56 Å². The first-order valence-electron chi connectivity index (χ1n) is 6.16. The summed E-state index contributed by atoms with van der Waals surface area (Å²) in [5.74, 6) is -0.367. The Morgan fingerprint density at radius 1 is 1.42 bits per heavy atom. The van der Waals surface area contributed by atoms with E-state index >= 15 is 0 Å². The third-order valence-electron chi connectivity index (χ3n) is 3.55. The first kappa shape index (κ1) is 14.0. The van der Waals surface area contributed by atoms with Gasteiger partial charge >= 0.3 is 0 Å². The maximum Gasteiger partial charge on any atom is 0.282 e. The molecule has 0 unspecified atom stereocenters. The normalized spacial score (nSPS) is 15.8. The van der Waals surface area contributed by atoms with Gasteiger partial charge < -0.3 is 5.32 Å². The Balaban J connectivity index is 2.03. The summed E-state index contributed by atoms with van der Waals surface area (Å²) in [6.07, 6.45) is 3.23. The first-order chi connectivity index (χ1) is 9.08. The fraction of sp³-hybridized carbons (Fsp3) is 0.462. The molecule has 0 aromatic heterocycles.